The fourth-order valence-electron chi connectivity index (χ4n) is 1.97. The molecule has 8 heteroatoms. The molecule has 0 saturated carbocycles. The normalized spacial score (nSPS) is 11.5. The van der Waals surface area contributed by atoms with E-state index in [2.05, 4.69) is 15.4 Å². The van der Waals surface area contributed by atoms with Gasteiger partial charge in [-0.1, -0.05) is 11.6 Å². The molecular weight excluding hydrogens is 334 g/mol. The Morgan fingerprint density at radius 1 is 1.12 bits per heavy atom. The number of carbonyl (C=O) groups excluding carboxylic acids is 3. The van der Waals surface area contributed by atoms with Crippen molar-refractivity contribution >= 4 is 35.1 Å². The van der Waals surface area contributed by atoms with Crippen molar-refractivity contribution in [1.82, 2.24) is 5.32 Å². The van der Waals surface area contributed by atoms with Crippen LogP contribution in [0.5, 0.6) is 0 Å². The molecule has 1 aromatic carbocycles. The van der Waals surface area contributed by atoms with Gasteiger partial charge < -0.3 is 20.3 Å². The second-order valence-corrected chi connectivity index (χ2v) is 5.83. The second kappa shape index (κ2) is 10.6. The molecule has 1 atom stereocenters. The molecule has 3 N–H and O–H groups in total. The number of carbonyl (C=O) groups is 3. The molecule has 0 aliphatic rings. The molecule has 0 fully saturated rings. The molecular formula is C16H23ClN3O4+. The maximum Gasteiger partial charge on any atom is 0.305 e. The van der Waals surface area contributed by atoms with Crippen molar-refractivity contribution in [3.05, 3.63) is 29.3 Å². The minimum absolute atomic E-state index is 0.165. The Morgan fingerprint density at radius 2 is 1.75 bits per heavy atom. The highest BCUT2D eigenvalue weighted by molar-refractivity contribution is 6.30. The van der Waals surface area contributed by atoms with Gasteiger partial charge in [-0.3, -0.25) is 14.4 Å². The summed E-state index contributed by atoms with van der Waals surface area (Å²) in [5.74, 6) is -0.657. The first-order chi connectivity index (χ1) is 11.4. The van der Waals surface area contributed by atoms with Crippen LogP contribution in [0.2, 0.25) is 5.02 Å². The van der Waals surface area contributed by atoms with Gasteiger partial charge in [0.25, 0.3) is 11.8 Å². The van der Waals surface area contributed by atoms with Gasteiger partial charge >= 0.3 is 5.97 Å². The van der Waals surface area contributed by atoms with Gasteiger partial charge in [0, 0.05) is 23.7 Å². The van der Waals surface area contributed by atoms with E-state index >= 15 is 0 Å². The molecule has 7 nitrogen and oxygen atoms in total. The molecule has 1 aromatic rings. The highest BCUT2D eigenvalue weighted by Crippen LogP contribution is 2.12. The number of rotatable bonds is 9. The first-order valence-electron chi connectivity index (χ1n) is 7.61. The van der Waals surface area contributed by atoms with Crippen LogP contribution < -0.4 is 15.5 Å². The fourth-order valence-corrected chi connectivity index (χ4v) is 2.10. The summed E-state index contributed by atoms with van der Waals surface area (Å²) in [4.78, 5) is 35.3. The first-order valence-corrected chi connectivity index (χ1v) is 7.98. The molecule has 0 spiro atoms. The van der Waals surface area contributed by atoms with Crippen LogP contribution in [0, 0.1) is 0 Å². The van der Waals surface area contributed by atoms with Crippen molar-refractivity contribution < 1.29 is 24.0 Å². The number of hydrogen-bond acceptors (Lipinski definition) is 4. The lowest BCUT2D eigenvalue weighted by atomic mass is 10.3. The Morgan fingerprint density at radius 3 is 2.38 bits per heavy atom. The van der Waals surface area contributed by atoms with Gasteiger partial charge in [-0.25, -0.2) is 0 Å². The standard InChI is InChI=1S/C16H22ClN3O4/c1-20(10-14(21)18-9-3-4-16(23)24-2)11-15(22)19-13-7-5-12(17)6-8-13/h5-8H,3-4,9-11H2,1-2H3,(H,18,21)(H,19,22)/p+1. The molecule has 1 unspecified atom stereocenters. The maximum atomic E-state index is 11.9. The van der Waals surface area contributed by atoms with Gasteiger partial charge in [0.1, 0.15) is 0 Å². The quantitative estimate of drug-likeness (QED) is 0.424. The third kappa shape index (κ3) is 8.50. The molecule has 24 heavy (non-hydrogen) atoms. The number of ether oxygens (including phenoxy) is 1. The van der Waals surface area contributed by atoms with Crippen LogP contribution in [0.4, 0.5) is 5.69 Å². The predicted octanol–water partition coefficient (Wildman–Crippen LogP) is -0.137. The Hall–Kier alpha value is -2.12. The molecule has 0 aliphatic carbocycles. The number of quaternary nitrogens is 1. The molecule has 0 aliphatic heterocycles. The second-order valence-electron chi connectivity index (χ2n) is 5.40. The molecule has 0 bridgehead atoms. The van der Waals surface area contributed by atoms with Crippen molar-refractivity contribution in [2.45, 2.75) is 12.8 Å². The van der Waals surface area contributed by atoms with E-state index in [0.717, 1.165) is 4.90 Å². The number of anilines is 1. The number of halogens is 1. The van der Waals surface area contributed by atoms with Crippen molar-refractivity contribution in [1.29, 1.82) is 0 Å². The summed E-state index contributed by atoms with van der Waals surface area (Å²) in [7, 11) is 3.09. The number of amides is 2. The highest BCUT2D eigenvalue weighted by Gasteiger charge is 2.14. The third-order valence-electron chi connectivity index (χ3n) is 3.16. The van der Waals surface area contributed by atoms with Crippen LogP contribution >= 0.6 is 11.6 Å². The van der Waals surface area contributed by atoms with Crippen molar-refractivity contribution in [3.63, 3.8) is 0 Å². The smallest absolute Gasteiger partial charge is 0.305 e. The van der Waals surface area contributed by atoms with Crippen molar-refractivity contribution in [2.75, 3.05) is 39.1 Å². The summed E-state index contributed by atoms with van der Waals surface area (Å²) in [6.45, 7) is 0.739. The molecule has 1 rings (SSSR count). The largest absolute Gasteiger partial charge is 0.469 e. The minimum Gasteiger partial charge on any atom is -0.469 e. The van der Waals surface area contributed by atoms with E-state index < -0.39 is 0 Å². The molecule has 0 heterocycles. The number of esters is 1. The molecule has 0 radical (unpaired) electrons. The van der Waals surface area contributed by atoms with E-state index in [0.29, 0.717) is 23.7 Å². The minimum atomic E-state index is -0.300. The van der Waals surface area contributed by atoms with Crippen LogP contribution in [0.15, 0.2) is 24.3 Å². The van der Waals surface area contributed by atoms with Gasteiger partial charge in [0.05, 0.1) is 14.2 Å². The number of likely N-dealkylation sites (N-methyl/N-ethyl adjacent to an activating group) is 1. The average Bonchev–Trinajstić information content (AvgIpc) is 2.53. The third-order valence-corrected chi connectivity index (χ3v) is 3.41. The van der Waals surface area contributed by atoms with Crippen molar-refractivity contribution in [2.24, 2.45) is 0 Å². The van der Waals surface area contributed by atoms with E-state index in [1.807, 2.05) is 0 Å². The number of benzene rings is 1. The van der Waals surface area contributed by atoms with Crippen LogP contribution in [0.1, 0.15) is 12.8 Å². The summed E-state index contributed by atoms with van der Waals surface area (Å²) in [6.07, 6.45) is 0.789. The molecule has 132 valence electrons. The van der Waals surface area contributed by atoms with E-state index in [9.17, 15) is 14.4 Å². The number of hydrogen-bond donors (Lipinski definition) is 3. The first kappa shape index (κ1) is 19.9. The van der Waals surface area contributed by atoms with Crippen LogP contribution in [0.25, 0.3) is 0 Å². The predicted molar refractivity (Wildman–Crippen MR) is 91.0 cm³/mol. The highest BCUT2D eigenvalue weighted by atomic mass is 35.5. The Kier molecular flexibility index (Phi) is 8.81. The van der Waals surface area contributed by atoms with Crippen LogP contribution in [-0.4, -0.2) is 51.6 Å². The van der Waals surface area contributed by atoms with E-state index in [1.165, 1.54) is 7.11 Å². The van der Waals surface area contributed by atoms with Gasteiger partial charge in [0.15, 0.2) is 13.1 Å². The van der Waals surface area contributed by atoms with E-state index in [-0.39, 0.29) is 37.3 Å². The molecule has 0 aromatic heterocycles. The lowest BCUT2D eigenvalue weighted by Gasteiger charge is -2.13. The summed E-state index contributed by atoms with van der Waals surface area (Å²) in [6, 6.07) is 6.80. The van der Waals surface area contributed by atoms with Gasteiger partial charge in [0.2, 0.25) is 0 Å². The van der Waals surface area contributed by atoms with Crippen LogP contribution in [0.3, 0.4) is 0 Å². The van der Waals surface area contributed by atoms with E-state index in [1.54, 1.807) is 31.3 Å². The zero-order valence-corrected chi connectivity index (χ0v) is 14.6. The summed E-state index contributed by atoms with van der Waals surface area (Å²) in [5.41, 5.74) is 0.657. The molecule has 0 saturated heterocycles. The maximum absolute atomic E-state index is 11.9. The summed E-state index contributed by atoms with van der Waals surface area (Å²) >= 11 is 5.78. The number of methoxy groups -OCH3 is 1. The SMILES string of the molecule is COC(=O)CCCNC(=O)C[NH+](C)CC(=O)Nc1ccc(Cl)cc1. The Balaban J connectivity index is 2.23. The lowest BCUT2D eigenvalue weighted by Crippen LogP contribution is -3.11. The zero-order valence-electron chi connectivity index (χ0n) is 13.9. The van der Waals surface area contributed by atoms with Crippen molar-refractivity contribution in [3.8, 4) is 0 Å². The summed E-state index contributed by atoms with van der Waals surface area (Å²) < 4.78 is 4.51. The van der Waals surface area contributed by atoms with Crippen LogP contribution in [-0.2, 0) is 19.1 Å². The monoisotopic (exact) mass is 356 g/mol. The lowest BCUT2D eigenvalue weighted by molar-refractivity contribution is -0.862. The summed E-state index contributed by atoms with van der Waals surface area (Å²) in [5, 5.41) is 6.05. The molecule has 2 amide bonds. The zero-order chi connectivity index (χ0) is 17.9. The Bertz CT molecular complexity index is 563. The number of nitrogens with one attached hydrogen (secondary N) is 3. The average molecular weight is 357 g/mol. The van der Waals surface area contributed by atoms with Gasteiger partial charge in [-0.15, -0.1) is 0 Å². The topological polar surface area (TPSA) is 88.9 Å². The van der Waals surface area contributed by atoms with E-state index in [4.69, 9.17) is 11.6 Å². The van der Waals surface area contributed by atoms with Gasteiger partial charge in [-0.2, -0.15) is 0 Å². The van der Waals surface area contributed by atoms with Gasteiger partial charge in [-0.05, 0) is 30.7 Å². The fraction of sp³-hybridized carbons (Fsp3) is 0.438. The Labute approximate surface area is 146 Å².